The van der Waals surface area contributed by atoms with E-state index in [9.17, 15) is 8.42 Å². The van der Waals surface area contributed by atoms with E-state index in [1.54, 1.807) is 12.1 Å². The highest BCUT2D eigenvalue weighted by Crippen LogP contribution is 2.35. The standard InChI is InChI=1S/C9H12N2O2S2/c1-11-6-5-7-3-2-4-8(9(7)14-11)15(10,12)13/h2-4H,5-6H2,1H3,(H2,10,12,13). The SMILES string of the molecule is CN1CCc2cccc(S(N)(=O)=O)c2S1. The lowest BCUT2D eigenvalue weighted by Gasteiger charge is -2.24. The lowest BCUT2D eigenvalue weighted by Crippen LogP contribution is -2.22. The fourth-order valence-electron chi connectivity index (χ4n) is 1.57. The smallest absolute Gasteiger partial charge is 0.239 e. The fourth-order valence-corrected chi connectivity index (χ4v) is 3.62. The normalized spacial score (nSPS) is 17.5. The van der Waals surface area contributed by atoms with E-state index in [0.717, 1.165) is 23.4 Å². The third-order valence-electron chi connectivity index (χ3n) is 2.31. The molecule has 0 atom stereocenters. The Kier molecular flexibility index (Phi) is 2.76. The van der Waals surface area contributed by atoms with Gasteiger partial charge in [0.15, 0.2) is 0 Å². The Morgan fingerprint density at radius 3 is 2.87 bits per heavy atom. The van der Waals surface area contributed by atoms with E-state index >= 15 is 0 Å². The molecular weight excluding hydrogens is 232 g/mol. The van der Waals surface area contributed by atoms with Crippen LogP contribution < -0.4 is 5.14 Å². The van der Waals surface area contributed by atoms with Gasteiger partial charge in [0, 0.05) is 11.4 Å². The average Bonchev–Trinajstić information content (AvgIpc) is 2.15. The molecule has 0 unspecified atom stereocenters. The summed E-state index contributed by atoms with van der Waals surface area (Å²) in [5.74, 6) is 0. The second-order valence-electron chi connectivity index (χ2n) is 3.48. The molecule has 0 aromatic heterocycles. The van der Waals surface area contributed by atoms with Crippen molar-refractivity contribution in [2.24, 2.45) is 5.14 Å². The first-order valence-electron chi connectivity index (χ1n) is 4.52. The maximum atomic E-state index is 11.4. The van der Waals surface area contributed by atoms with Crippen molar-refractivity contribution in [1.82, 2.24) is 4.31 Å². The molecule has 2 rings (SSSR count). The van der Waals surface area contributed by atoms with Crippen molar-refractivity contribution in [2.75, 3.05) is 13.6 Å². The van der Waals surface area contributed by atoms with Gasteiger partial charge in [-0.3, -0.25) is 0 Å². The van der Waals surface area contributed by atoms with Gasteiger partial charge in [0.25, 0.3) is 0 Å². The molecule has 0 saturated heterocycles. The third-order valence-corrected chi connectivity index (χ3v) is 4.55. The molecule has 0 saturated carbocycles. The van der Waals surface area contributed by atoms with Crippen LogP contribution in [0.1, 0.15) is 5.56 Å². The summed E-state index contributed by atoms with van der Waals surface area (Å²) in [5, 5.41) is 5.17. The Morgan fingerprint density at radius 2 is 2.20 bits per heavy atom. The van der Waals surface area contributed by atoms with Crippen LogP contribution in [0.2, 0.25) is 0 Å². The van der Waals surface area contributed by atoms with E-state index in [2.05, 4.69) is 0 Å². The third kappa shape index (κ3) is 2.17. The van der Waals surface area contributed by atoms with Gasteiger partial charge in [0.2, 0.25) is 10.0 Å². The van der Waals surface area contributed by atoms with Crippen molar-refractivity contribution in [3.63, 3.8) is 0 Å². The maximum absolute atomic E-state index is 11.4. The molecule has 0 aliphatic carbocycles. The number of primary sulfonamides is 1. The van der Waals surface area contributed by atoms with Crippen LogP contribution in [-0.2, 0) is 16.4 Å². The Bertz CT molecular complexity index is 485. The van der Waals surface area contributed by atoms with Gasteiger partial charge in [-0.15, -0.1) is 0 Å². The van der Waals surface area contributed by atoms with Crippen molar-refractivity contribution in [3.05, 3.63) is 23.8 Å². The molecule has 1 aliphatic rings. The minimum Gasteiger partial charge on any atom is -0.249 e. The number of hydrogen-bond donors (Lipinski definition) is 1. The number of nitrogens with zero attached hydrogens (tertiary/aromatic N) is 1. The molecule has 2 N–H and O–H groups in total. The highest BCUT2D eigenvalue weighted by atomic mass is 32.2. The van der Waals surface area contributed by atoms with Crippen LogP contribution in [0.25, 0.3) is 0 Å². The molecule has 0 fully saturated rings. The van der Waals surface area contributed by atoms with Gasteiger partial charge in [-0.2, -0.15) is 0 Å². The van der Waals surface area contributed by atoms with Crippen LogP contribution in [-0.4, -0.2) is 26.3 Å². The van der Waals surface area contributed by atoms with E-state index in [4.69, 9.17) is 5.14 Å². The zero-order chi connectivity index (χ0) is 11.1. The topological polar surface area (TPSA) is 63.4 Å². The number of likely N-dealkylation sites (N-methyl/N-ethyl adjacent to an activating group) is 1. The van der Waals surface area contributed by atoms with Gasteiger partial charge in [-0.1, -0.05) is 12.1 Å². The van der Waals surface area contributed by atoms with E-state index in [1.165, 1.54) is 11.9 Å². The second kappa shape index (κ2) is 3.79. The molecule has 1 heterocycles. The van der Waals surface area contributed by atoms with Crippen LogP contribution in [0.5, 0.6) is 0 Å². The van der Waals surface area contributed by atoms with Crippen molar-refractivity contribution in [3.8, 4) is 0 Å². The molecule has 0 radical (unpaired) electrons. The van der Waals surface area contributed by atoms with E-state index < -0.39 is 10.0 Å². The van der Waals surface area contributed by atoms with E-state index in [0.29, 0.717) is 0 Å². The molecule has 1 aliphatic heterocycles. The van der Waals surface area contributed by atoms with Crippen LogP contribution in [0.15, 0.2) is 28.0 Å². The van der Waals surface area contributed by atoms with Gasteiger partial charge in [0.1, 0.15) is 0 Å². The summed E-state index contributed by atoms with van der Waals surface area (Å²) in [5.41, 5.74) is 1.06. The first kappa shape index (κ1) is 10.9. The largest absolute Gasteiger partial charge is 0.249 e. The molecule has 0 bridgehead atoms. The predicted molar refractivity (Wildman–Crippen MR) is 60.0 cm³/mol. The van der Waals surface area contributed by atoms with Gasteiger partial charge >= 0.3 is 0 Å². The first-order valence-corrected chi connectivity index (χ1v) is 6.84. The first-order chi connectivity index (χ1) is 6.98. The van der Waals surface area contributed by atoms with Crippen LogP contribution in [0.4, 0.5) is 0 Å². The van der Waals surface area contributed by atoms with E-state index in [1.807, 2.05) is 17.4 Å². The Morgan fingerprint density at radius 1 is 1.47 bits per heavy atom. The average molecular weight is 244 g/mol. The number of fused-ring (bicyclic) bond motifs is 1. The Balaban J connectivity index is 2.59. The molecule has 15 heavy (non-hydrogen) atoms. The molecule has 0 spiro atoms. The van der Waals surface area contributed by atoms with Gasteiger partial charge in [0.05, 0.1) is 4.90 Å². The van der Waals surface area contributed by atoms with Gasteiger partial charge < -0.3 is 0 Å². The van der Waals surface area contributed by atoms with Gasteiger partial charge in [-0.05, 0) is 37.0 Å². The monoisotopic (exact) mass is 244 g/mol. The summed E-state index contributed by atoms with van der Waals surface area (Å²) < 4.78 is 24.7. The predicted octanol–water partition coefficient (Wildman–Crippen LogP) is 0.829. The zero-order valence-electron chi connectivity index (χ0n) is 8.30. The van der Waals surface area contributed by atoms with Crippen LogP contribution in [0.3, 0.4) is 0 Å². The quantitative estimate of drug-likeness (QED) is 0.743. The van der Waals surface area contributed by atoms with Crippen LogP contribution >= 0.6 is 11.9 Å². The molecule has 82 valence electrons. The van der Waals surface area contributed by atoms with Crippen molar-refractivity contribution in [2.45, 2.75) is 16.2 Å². The highest BCUT2D eigenvalue weighted by Gasteiger charge is 2.22. The van der Waals surface area contributed by atoms with E-state index in [-0.39, 0.29) is 4.90 Å². The molecule has 6 heteroatoms. The Hall–Kier alpha value is -0.560. The lowest BCUT2D eigenvalue weighted by molar-refractivity contribution is 0.547. The molecule has 1 aromatic carbocycles. The summed E-state index contributed by atoms with van der Waals surface area (Å²) in [4.78, 5) is 1.00. The second-order valence-corrected chi connectivity index (χ2v) is 6.23. The number of nitrogens with two attached hydrogens (primary N) is 1. The number of sulfonamides is 1. The summed E-state index contributed by atoms with van der Waals surface area (Å²) in [6.07, 6.45) is 0.863. The molecule has 1 aromatic rings. The van der Waals surface area contributed by atoms with Crippen molar-refractivity contribution >= 4 is 22.0 Å². The Labute approximate surface area is 93.6 Å². The minimum absolute atomic E-state index is 0.233. The highest BCUT2D eigenvalue weighted by molar-refractivity contribution is 7.98. The number of hydrogen-bond acceptors (Lipinski definition) is 4. The molecule has 4 nitrogen and oxygen atoms in total. The molecule has 0 amide bonds. The van der Waals surface area contributed by atoms with Gasteiger partial charge in [-0.25, -0.2) is 17.9 Å². The summed E-state index contributed by atoms with van der Waals surface area (Å²) in [6, 6.07) is 5.24. The summed E-state index contributed by atoms with van der Waals surface area (Å²) >= 11 is 1.44. The summed E-state index contributed by atoms with van der Waals surface area (Å²) in [7, 11) is -1.68. The number of rotatable bonds is 1. The maximum Gasteiger partial charge on any atom is 0.239 e. The van der Waals surface area contributed by atoms with Crippen LogP contribution in [0, 0.1) is 0 Å². The fraction of sp³-hybridized carbons (Fsp3) is 0.333. The number of benzene rings is 1. The molecular formula is C9H12N2O2S2. The minimum atomic E-state index is -3.62. The summed E-state index contributed by atoms with van der Waals surface area (Å²) in [6.45, 7) is 0.922. The lowest BCUT2D eigenvalue weighted by atomic mass is 10.1. The van der Waals surface area contributed by atoms with Crippen molar-refractivity contribution in [1.29, 1.82) is 0 Å². The van der Waals surface area contributed by atoms with Crippen molar-refractivity contribution < 1.29 is 8.42 Å². The zero-order valence-corrected chi connectivity index (χ0v) is 9.94.